The summed E-state index contributed by atoms with van der Waals surface area (Å²) in [6.07, 6.45) is 6.73. The van der Waals surface area contributed by atoms with E-state index in [9.17, 15) is 0 Å². The van der Waals surface area contributed by atoms with Crippen LogP contribution in [0.5, 0.6) is 0 Å². The largest absolute Gasteiger partial charge is 0.434 e. The molecule has 0 bridgehead atoms. The molecular weight excluding hydrogens is 88.1 g/mol. The van der Waals surface area contributed by atoms with E-state index in [4.69, 9.17) is 6.42 Å². The molecule has 0 aromatic rings. The minimum atomic E-state index is 0.340. The van der Waals surface area contributed by atoms with Gasteiger partial charge in [-0.1, -0.05) is 12.3 Å². The quantitative estimate of drug-likeness (QED) is 0.342. The maximum absolute atomic E-state index is 4.73. The first-order chi connectivity index (χ1) is 3.41. The molecule has 0 heterocycles. The van der Waals surface area contributed by atoms with Crippen LogP contribution in [0.1, 0.15) is 6.92 Å². The first-order valence-corrected chi connectivity index (χ1v) is 1.89. The maximum Gasteiger partial charge on any atom is 0.160 e. The Morgan fingerprint density at radius 1 is 1.71 bits per heavy atom. The molecule has 0 unspecified atom stereocenters. The van der Waals surface area contributed by atoms with Crippen LogP contribution in [0, 0.1) is 24.4 Å². The Labute approximate surface area is 43.7 Å². The molecule has 1 nitrogen and oxygen atoms in total. The summed E-state index contributed by atoms with van der Waals surface area (Å²) in [5.41, 5.74) is 0. The third kappa shape index (κ3) is 4.92. The molecule has 0 amide bonds. The zero-order chi connectivity index (χ0) is 5.54. The van der Waals surface area contributed by atoms with Crippen LogP contribution < -0.4 is 0 Å². The van der Waals surface area contributed by atoms with Crippen molar-refractivity contribution in [3.05, 3.63) is 0 Å². The Balaban J connectivity index is 2.98. The van der Waals surface area contributed by atoms with E-state index >= 15 is 0 Å². The van der Waals surface area contributed by atoms with Gasteiger partial charge in [0.2, 0.25) is 0 Å². The van der Waals surface area contributed by atoms with E-state index in [2.05, 4.69) is 16.6 Å². The summed E-state index contributed by atoms with van der Waals surface area (Å²) in [7, 11) is 0. The molecule has 0 atom stereocenters. The first kappa shape index (κ1) is 5.92. The molecule has 0 aromatic heterocycles. The molecular formula is C6H6O. The van der Waals surface area contributed by atoms with Crippen LogP contribution in [0.15, 0.2) is 0 Å². The minimum absolute atomic E-state index is 0.340. The molecule has 0 saturated carbocycles. The standard InChI is InChI=1S/C6H6O/c1-3-5-6-7-4-2/h2H,6H2,1H3. The Morgan fingerprint density at radius 2 is 2.43 bits per heavy atom. The zero-order valence-corrected chi connectivity index (χ0v) is 4.19. The van der Waals surface area contributed by atoms with Gasteiger partial charge in [0, 0.05) is 0 Å². The van der Waals surface area contributed by atoms with E-state index < -0.39 is 0 Å². The van der Waals surface area contributed by atoms with E-state index in [0.29, 0.717) is 6.61 Å². The molecule has 0 aliphatic heterocycles. The van der Waals surface area contributed by atoms with Crippen LogP contribution in [0.4, 0.5) is 0 Å². The van der Waals surface area contributed by atoms with Crippen molar-refractivity contribution in [1.29, 1.82) is 0 Å². The lowest BCUT2D eigenvalue weighted by atomic mass is 10.6. The van der Waals surface area contributed by atoms with E-state index in [-0.39, 0.29) is 0 Å². The SMILES string of the molecule is C#COCC#CC. The smallest absolute Gasteiger partial charge is 0.160 e. The van der Waals surface area contributed by atoms with Crippen molar-refractivity contribution in [2.24, 2.45) is 0 Å². The second-order valence-corrected chi connectivity index (χ2v) is 0.833. The lowest BCUT2D eigenvalue weighted by Crippen LogP contribution is -1.78. The van der Waals surface area contributed by atoms with Gasteiger partial charge in [0.25, 0.3) is 0 Å². The van der Waals surface area contributed by atoms with Crippen molar-refractivity contribution < 1.29 is 4.74 Å². The third-order valence-electron chi connectivity index (χ3n) is 0.404. The molecule has 0 radical (unpaired) electrons. The fourth-order valence-corrected chi connectivity index (χ4v) is 0.150. The fourth-order valence-electron chi connectivity index (χ4n) is 0.150. The summed E-state index contributed by atoms with van der Waals surface area (Å²) >= 11 is 0. The van der Waals surface area contributed by atoms with Gasteiger partial charge in [-0.3, -0.25) is 0 Å². The number of rotatable bonds is 1. The van der Waals surface area contributed by atoms with E-state index in [1.165, 1.54) is 0 Å². The zero-order valence-electron chi connectivity index (χ0n) is 4.19. The second kappa shape index (κ2) is 4.92. The van der Waals surface area contributed by atoms with Gasteiger partial charge >= 0.3 is 0 Å². The van der Waals surface area contributed by atoms with Gasteiger partial charge in [-0.05, 0) is 6.92 Å². The van der Waals surface area contributed by atoms with Crippen molar-refractivity contribution in [2.45, 2.75) is 6.92 Å². The molecule has 0 aliphatic carbocycles. The van der Waals surface area contributed by atoms with Crippen LogP contribution in [-0.4, -0.2) is 6.61 Å². The van der Waals surface area contributed by atoms with Crippen LogP contribution in [0.3, 0.4) is 0 Å². The molecule has 0 saturated heterocycles. The highest BCUT2D eigenvalue weighted by molar-refractivity contribution is 4.95. The van der Waals surface area contributed by atoms with Gasteiger partial charge in [-0.15, -0.1) is 5.92 Å². The molecule has 0 N–H and O–H groups in total. The van der Waals surface area contributed by atoms with Crippen molar-refractivity contribution in [1.82, 2.24) is 0 Å². The highest BCUT2D eigenvalue weighted by Gasteiger charge is 1.64. The molecule has 0 aromatic carbocycles. The Hall–Kier alpha value is -1.08. The van der Waals surface area contributed by atoms with Crippen molar-refractivity contribution in [3.8, 4) is 24.4 Å². The van der Waals surface area contributed by atoms with Crippen LogP contribution in [0.2, 0.25) is 0 Å². The Morgan fingerprint density at radius 3 is 2.86 bits per heavy atom. The van der Waals surface area contributed by atoms with E-state index in [1.807, 2.05) is 6.11 Å². The van der Waals surface area contributed by atoms with Crippen molar-refractivity contribution in [2.75, 3.05) is 6.61 Å². The molecule has 7 heavy (non-hydrogen) atoms. The van der Waals surface area contributed by atoms with Crippen molar-refractivity contribution >= 4 is 0 Å². The number of ether oxygens (including phenoxy) is 1. The Bertz CT molecular complexity index is 119. The average molecular weight is 94.1 g/mol. The highest BCUT2D eigenvalue weighted by Crippen LogP contribution is 1.62. The average Bonchev–Trinajstić information content (AvgIpc) is 1.69. The van der Waals surface area contributed by atoms with Crippen LogP contribution in [-0.2, 0) is 4.74 Å². The first-order valence-electron chi connectivity index (χ1n) is 1.89. The number of terminal acetylenes is 1. The summed E-state index contributed by atoms with van der Waals surface area (Å²) in [5, 5.41) is 0. The van der Waals surface area contributed by atoms with Gasteiger partial charge in [0.15, 0.2) is 6.61 Å². The Kier molecular flexibility index (Phi) is 4.16. The number of hydrogen-bond donors (Lipinski definition) is 0. The molecule has 1 heteroatoms. The van der Waals surface area contributed by atoms with E-state index in [1.54, 1.807) is 6.92 Å². The predicted octanol–water partition coefficient (Wildman–Crippen LogP) is 0.617. The molecule has 36 valence electrons. The molecule has 0 rings (SSSR count). The second-order valence-electron chi connectivity index (χ2n) is 0.833. The van der Waals surface area contributed by atoms with Crippen molar-refractivity contribution in [3.63, 3.8) is 0 Å². The maximum atomic E-state index is 4.73. The molecule has 0 aliphatic rings. The minimum Gasteiger partial charge on any atom is -0.434 e. The number of hydrogen-bond acceptors (Lipinski definition) is 1. The summed E-state index contributed by atoms with van der Waals surface area (Å²) in [6, 6.07) is 0. The highest BCUT2D eigenvalue weighted by atomic mass is 16.5. The monoisotopic (exact) mass is 94.0 g/mol. The van der Waals surface area contributed by atoms with Gasteiger partial charge in [0.1, 0.15) is 6.11 Å². The topological polar surface area (TPSA) is 9.23 Å². The summed E-state index contributed by atoms with van der Waals surface area (Å²) in [4.78, 5) is 0. The van der Waals surface area contributed by atoms with Gasteiger partial charge in [0.05, 0.1) is 0 Å². The summed E-state index contributed by atoms with van der Waals surface area (Å²) < 4.78 is 4.43. The third-order valence-corrected chi connectivity index (χ3v) is 0.404. The van der Waals surface area contributed by atoms with E-state index in [0.717, 1.165) is 0 Å². The summed E-state index contributed by atoms with van der Waals surface area (Å²) in [6.45, 7) is 2.08. The predicted molar refractivity (Wildman–Crippen MR) is 28.2 cm³/mol. The van der Waals surface area contributed by atoms with Gasteiger partial charge in [-0.2, -0.15) is 0 Å². The van der Waals surface area contributed by atoms with Gasteiger partial charge < -0.3 is 4.74 Å². The van der Waals surface area contributed by atoms with Crippen LogP contribution in [0.25, 0.3) is 0 Å². The van der Waals surface area contributed by atoms with Crippen LogP contribution >= 0.6 is 0 Å². The normalized spacial score (nSPS) is 5.14. The molecule has 0 fully saturated rings. The lowest BCUT2D eigenvalue weighted by molar-refractivity contribution is 0.329. The fraction of sp³-hybridized carbons (Fsp3) is 0.333. The summed E-state index contributed by atoms with van der Waals surface area (Å²) in [5.74, 6) is 5.27. The van der Waals surface area contributed by atoms with Gasteiger partial charge in [-0.25, -0.2) is 0 Å². The molecule has 0 spiro atoms. The lowest BCUT2D eigenvalue weighted by Gasteiger charge is -1.80.